The second-order valence-corrected chi connectivity index (χ2v) is 5.90. The molecule has 0 unspecified atom stereocenters. The highest BCUT2D eigenvalue weighted by Gasteiger charge is 2.27. The van der Waals surface area contributed by atoms with Gasteiger partial charge in [0, 0.05) is 11.1 Å². The lowest BCUT2D eigenvalue weighted by molar-refractivity contribution is -0.147. The molecule has 5 nitrogen and oxygen atoms in total. The highest BCUT2D eigenvalue weighted by Crippen LogP contribution is 2.24. The molecule has 0 fully saturated rings. The summed E-state index contributed by atoms with van der Waals surface area (Å²) in [6.45, 7) is 2.48. The average Bonchev–Trinajstić information content (AvgIpc) is 2.92. The van der Waals surface area contributed by atoms with Crippen LogP contribution in [0.25, 0.3) is 0 Å². The van der Waals surface area contributed by atoms with Gasteiger partial charge in [0.25, 0.3) is 0 Å². The summed E-state index contributed by atoms with van der Waals surface area (Å²) in [7, 11) is 3.21. The zero-order chi connectivity index (χ0) is 16.1. The SMILES string of the molecule is COC(=O)[C@H](c1cccc(C#N)c1)N(C)Cc1nc(C)cs1. The van der Waals surface area contributed by atoms with Crippen LogP contribution in [0.4, 0.5) is 0 Å². The van der Waals surface area contributed by atoms with Crippen LogP contribution in [0, 0.1) is 18.3 Å². The van der Waals surface area contributed by atoms with Crippen molar-refractivity contribution in [1.82, 2.24) is 9.88 Å². The molecule has 1 aromatic carbocycles. The number of rotatable bonds is 5. The number of aromatic nitrogens is 1. The fourth-order valence-corrected chi connectivity index (χ4v) is 3.07. The van der Waals surface area contributed by atoms with Gasteiger partial charge in [-0.1, -0.05) is 12.1 Å². The molecule has 0 aliphatic rings. The number of methoxy groups -OCH3 is 1. The predicted octanol–water partition coefficient (Wildman–Crippen LogP) is 2.67. The van der Waals surface area contributed by atoms with Crippen LogP contribution in [0.3, 0.4) is 0 Å². The number of hydrogen-bond donors (Lipinski definition) is 0. The average molecular weight is 315 g/mol. The Morgan fingerprint density at radius 2 is 2.32 bits per heavy atom. The Labute approximate surface area is 133 Å². The van der Waals surface area contributed by atoms with E-state index in [1.807, 2.05) is 30.3 Å². The number of carbonyl (C=O) groups is 1. The molecule has 0 aliphatic heterocycles. The van der Waals surface area contributed by atoms with Gasteiger partial charge in [0.05, 0.1) is 25.3 Å². The van der Waals surface area contributed by atoms with Crippen LogP contribution >= 0.6 is 11.3 Å². The third-order valence-electron chi connectivity index (χ3n) is 3.25. The van der Waals surface area contributed by atoms with Gasteiger partial charge in [0.2, 0.25) is 0 Å². The summed E-state index contributed by atoms with van der Waals surface area (Å²) in [5, 5.41) is 11.9. The molecule has 0 bridgehead atoms. The maximum absolute atomic E-state index is 12.2. The first-order chi connectivity index (χ1) is 10.5. The van der Waals surface area contributed by atoms with E-state index in [-0.39, 0.29) is 5.97 Å². The van der Waals surface area contributed by atoms with E-state index in [4.69, 9.17) is 10.00 Å². The van der Waals surface area contributed by atoms with E-state index in [9.17, 15) is 4.79 Å². The van der Waals surface area contributed by atoms with Gasteiger partial charge >= 0.3 is 5.97 Å². The molecule has 0 spiro atoms. The minimum Gasteiger partial charge on any atom is -0.468 e. The van der Waals surface area contributed by atoms with Crippen molar-refractivity contribution in [3.8, 4) is 6.07 Å². The van der Waals surface area contributed by atoms with Crippen molar-refractivity contribution in [2.75, 3.05) is 14.2 Å². The summed E-state index contributed by atoms with van der Waals surface area (Å²) in [6.07, 6.45) is 0. The standard InChI is InChI=1S/C16H17N3O2S/c1-11-10-22-14(18-11)9-19(2)15(16(20)21-3)13-6-4-5-12(7-13)8-17/h4-7,10,15H,9H2,1-3H3/t15-/m0/s1. The lowest BCUT2D eigenvalue weighted by Gasteiger charge is -2.25. The van der Waals surface area contributed by atoms with E-state index in [0.717, 1.165) is 16.3 Å². The number of benzene rings is 1. The Balaban J connectivity index is 2.29. The fourth-order valence-electron chi connectivity index (χ4n) is 2.24. The van der Waals surface area contributed by atoms with Gasteiger partial charge in [0.1, 0.15) is 11.0 Å². The number of aryl methyl sites for hydroxylation is 1. The number of carbonyl (C=O) groups excluding carboxylic acids is 1. The molecule has 2 rings (SSSR count). The molecular weight excluding hydrogens is 298 g/mol. The summed E-state index contributed by atoms with van der Waals surface area (Å²) < 4.78 is 4.92. The van der Waals surface area contributed by atoms with Gasteiger partial charge in [-0.05, 0) is 31.7 Å². The molecule has 0 N–H and O–H groups in total. The number of esters is 1. The van der Waals surface area contributed by atoms with E-state index in [1.165, 1.54) is 7.11 Å². The van der Waals surface area contributed by atoms with Crippen LogP contribution in [0.5, 0.6) is 0 Å². The third-order valence-corrected chi connectivity index (χ3v) is 4.20. The molecule has 114 valence electrons. The lowest BCUT2D eigenvalue weighted by Crippen LogP contribution is -2.31. The Bertz CT molecular complexity index is 705. The minimum absolute atomic E-state index is 0.356. The predicted molar refractivity (Wildman–Crippen MR) is 84.2 cm³/mol. The Morgan fingerprint density at radius 3 is 2.91 bits per heavy atom. The van der Waals surface area contributed by atoms with Crippen LogP contribution < -0.4 is 0 Å². The summed E-state index contributed by atoms with van der Waals surface area (Å²) in [4.78, 5) is 18.5. The largest absolute Gasteiger partial charge is 0.468 e. The van der Waals surface area contributed by atoms with E-state index in [0.29, 0.717) is 12.1 Å². The second kappa shape index (κ2) is 7.16. The van der Waals surface area contributed by atoms with Crippen LogP contribution in [0.15, 0.2) is 29.6 Å². The lowest BCUT2D eigenvalue weighted by atomic mass is 10.0. The number of hydrogen-bond acceptors (Lipinski definition) is 6. The molecule has 2 aromatic rings. The smallest absolute Gasteiger partial charge is 0.327 e. The first-order valence-corrected chi connectivity index (χ1v) is 7.62. The number of likely N-dealkylation sites (N-methyl/N-ethyl adjacent to an activating group) is 1. The van der Waals surface area contributed by atoms with E-state index in [1.54, 1.807) is 29.5 Å². The van der Waals surface area contributed by atoms with Crippen molar-refractivity contribution in [2.24, 2.45) is 0 Å². The van der Waals surface area contributed by atoms with Gasteiger partial charge < -0.3 is 4.74 Å². The summed E-state index contributed by atoms with van der Waals surface area (Å²) in [5.74, 6) is -0.356. The molecule has 6 heteroatoms. The van der Waals surface area contributed by atoms with Gasteiger partial charge in [-0.3, -0.25) is 4.90 Å². The highest BCUT2D eigenvalue weighted by molar-refractivity contribution is 7.09. The molecule has 1 aromatic heterocycles. The van der Waals surface area contributed by atoms with Crippen molar-refractivity contribution >= 4 is 17.3 Å². The van der Waals surface area contributed by atoms with Crippen LogP contribution in [-0.4, -0.2) is 30.0 Å². The highest BCUT2D eigenvalue weighted by atomic mass is 32.1. The zero-order valence-corrected chi connectivity index (χ0v) is 13.6. The molecular formula is C16H17N3O2S. The van der Waals surface area contributed by atoms with Crippen molar-refractivity contribution in [3.05, 3.63) is 51.5 Å². The van der Waals surface area contributed by atoms with Gasteiger partial charge in [-0.2, -0.15) is 5.26 Å². The molecule has 1 heterocycles. The first-order valence-electron chi connectivity index (χ1n) is 6.74. The van der Waals surface area contributed by atoms with Crippen LogP contribution in [-0.2, 0) is 16.1 Å². The number of nitriles is 1. The van der Waals surface area contributed by atoms with Crippen molar-refractivity contribution in [1.29, 1.82) is 5.26 Å². The monoisotopic (exact) mass is 315 g/mol. The fraction of sp³-hybridized carbons (Fsp3) is 0.312. The van der Waals surface area contributed by atoms with Crippen molar-refractivity contribution in [3.63, 3.8) is 0 Å². The molecule has 0 saturated heterocycles. The molecule has 1 atom stereocenters. The van der Waals surface area contributed by atoms with E-state index in [2.05, 4.69) is 11.1 Å². The topological polar surface area (TPSA) is 66.2 Å². The van der Waals surface area contributed by atoms with Crippen LogP contribution in [0.1, 0.15) is 27.9 Å². The number of ether oxygens (including phenoxy) is 1. The van der Waals surface area contributed by atoms with Gasteiger partial charge in [0.15, 0.2) is 0 Å². The van der Waals surface area contributed by atoms with E-state index < -0.39 is 6.04 Å². The van der Waals surface area contributed by atoms with Crippen LogP contribution in [0.2, 0.25) is 0 Å². The van der Waals surface area contributed by atoms with E-state index >= 15 is 0 Å². The van der Waals surface area contributed by atoms with Crippen molar-refractivity contribution in [2.45, 2.75) is 19.5 Å². The molecule has 0 radical (unpaired) electrons. The quantitative estimate of drug-likeness (QED) is 0.794. The second-order valence-electron chi connectivity index (χ2n) is 4.96. The summed E-state index contributed by atoms with van der Waals surface area (Å²) in [5.41, 5.74) is 2.22. The maximum Gasteiger partial charge on any atom is 0.327 e. The van der Waals surface area contributed by atoms with Gasteiger partial charge in [-0.15, -0.1) is 11.3 Å². The number of thiazole rings is 1. The third kappa shape index (κ3) is 3.70. The summed E-state index contributed by atoms with van der Waals surface area (Å²) >= 11 is 1.56. The normalized spacial score (nSPS) is 12.0. The molecule has 0 saturated carbocycles. The summed E-state index contributed by atoms with van der Waals surface area (Å²) in [6, 6.07) is 8.54. The maximum atomic E-state index is 12.2. The van der Waals surface area contributed by atoms with Gasteiger partial charge in [-0.25, -0.2) is 9.78 Å². The Hall–Kier alpha value is -2.23. The molecule has 0 aliphatic carbocycles. The Morgan fingerprint density at radius 1 is 1.55 bits per heavy atom. The Kier molecular flexibility index (Phi) is 5.26. The minimum atomic E-state index is -0.567. The zero-order valence-electron chi connectivity index (χ0n) is 12.7. The van der Waals surface area contributed by atoms with Crippen molar-refractivity contribution < 1.29 is 9.53 Å². The number of nitrogens with zero attached hydrogens (tertiary/aromatic N) is 3. The molecule has 22 heavy (non-hydrogen) atoms. The first kappa shape index (κ1) is 16.1. The molecule has 0 amide bonds.